The van der Waals surface area contributed by atoms with E-state index in [-0.39, 0.29) is 17.5 Å². The highest BCUT2D eigenvalue weighted by atomic mass is 16.2. The van der Waals surface area contributed by atoms with E-state index in [1.54, 1.807) is 0 Å². The van der Waals surface area contributed by atoms with Crippen molar-refractivity contribution in [3.8, 4) is 0 Å². The lowest BCUT2D eigenvalue weighted by Gasteiger charge is -2.37. The van der Waals surface area contributed by atoms with Crippen LogP contribution in [-0.2, 0) is 0 Å². The Bertz CT molecular complexity index is 484. The number of carbonyl (C=O) groups excluding carboxylic acids is 1. The molecule has 1 aromatic carbocycles. The molecule has 0 radical (unpaired) electrons. The molecule has 0 bridgehead atoms. The Morgan fingerprint density at radius 1 is 1.32 bits per heavy atom. The second kappa shape index (κ2) is 5.20. The Balaban J connectivity index is 2.34. The summed E-state index contributed by atoms with van der Waals surface area (Å²) in [5.74, 6) is 0.173. The summed E-state index contributed by atoms with van der Waals surface area (Å²) in [7, 11) is 0. The van der Waals surface area contributed by atoms with Gasteiger partial charge < -0.3 is 4.90 Å². The Hall–Kier alpha value is -1.57. The Labute approximate surface area is 116 Å². The number of carbonyl (C=O) groups is 1. The quantitative estimate of drug-likeness (QED) is 0.580. The van der Waals surface area contributed by atoms with E-state index in [1.165, 1.54) is 5.56 Å². The molecule has 1 aromatic rings. The first-order valence-corrected chi connectivity index (χ1v) is 7.00. The molecule has 2 rings (SSSR count). The second-order valence-corrected chi connectivity index (χ2v) is 6.17. The fourth-order valence-corrected chi connectivity index (χ4v) is 2.91. The number of fused-ring (bicyclic) bond motifs is 1. The summed E-state index contributed by atoms with van der Waals surface area (Å²) in [5, 5.41) is 0. The van der Waals surface area contributed by atoms with Crippen molar-refractivity contribution >= 4 is 5.91 Å². The third-order valence-electron chi connectivity index (χ3n) is 3.69. The van der Waals surface area contributed by atoms with Crippen molar-refractivity contribution in [2.24, 2.45) is 0 Å². The van der Waals surface area contributed by atoms with E-state index in [0.717, 1.165) is 24.8 Å². The average Bonchev–Trinajstić information content (AvgIpc) is 2.63. The molecular formula is C17H23NO. The van der Waals surface area contributed by atoms with Crippen LogP contribution >= 0.6 is 0 Å². The van der Waals surface area contributed by atoms with Crippen LogP contribution in [0.2, 0.25) is 0 Å². The number of benzene rings is 1. The highest BCUT2D eigenvalue weighted by Crippen LogP contribution is 2.41. The molecule has 0 aromatic heterocycles. The van der Waals surface area contributed by atoms with Crippen molar-refractivity contribution in [3.05, 3.63) is 48.0 Å². The molecule has 0 aliphatic carbocycles. The van der Waals surface area contributed by atoms with Crippen LogP contribution < -0.4 is 0 Å². The topological polar surface area (TPSA) is 20.3 Å². The van der Waals surface area contributed by atoms with Gasteiger partial charge in [0.2, 0.25) is 0 Å². The van der Waals surface area contributed by atoms with Crippen LogP contribution in [0.25, 0.3) is 0 Å². The van der Waals surface area contributed by atoms with Gasteiger partial charge in [-0.3, -0.25) is 4.79 Å². The molecular weight excluding hydrogens is 234 g/mol. The zero-order chi connectivity index (χ0) is 14.0. The number of hydrogen-bond acceptors (Lipinski definition) is 1. The lowest BCUT2D eigenvalue weighted by molar-refractivity contribution is 0.0487. The van der Waals surface area contributed by atoms with E-state index in [9.17, 15) is 4.79 Å². The summed E-state index contributed by atoms with van der Waals surface area (Å²) in [4.78, 5) is 14.6. The first-order valence-electron chi connectivity index (χ1n) is 7.00. The molecule has 1 heterocycles. The van der Waals surface area contributed by atoms with E-state index in [0.29, 0.717) is 0 Å². The smallest absolute Gasteiger partial charge is 0.255 e. The van der Waals surface area contributed by atoms with Gasteiger partial charge in [0.1, 0.15) is 0 Å². The van der Waals surface area contributed by atoms with Gasteiger partial charge in [-0.05, 0) is 51.7 Å². The first-order chi connectivity index (χ1) is 8.96. The van der Waals surface area contributed by atoms with Crippen molar-refractivity contribution in [1.29, 1.82) is 0 Å². The van der Waals surface area contributed by atoms with Gasteiger partial charge in [0.25, 0.3) is 5.91 Å². The maximum atomic E-state index is 12.6. The van der Waals surface area contributed by atoms with Crippen LogP contribution in [0.3, 0.4) is 0 Å². The van der Waals surface area contributed by atoms with Gasteiger partial charge >= 0.3 is 0 Å². The molecule has 2 nitrogen and oxygen atoms in total. The summed E-state index contributed by atoms with van der Waals surface area (Å²) in [5.41, 5.74) is 1.92. The van der Waals surface area contributed by atoms with Crippen LogP contribution in [0.5, 0.6) is 0 Å². The average molecular weight is 257 g/mol. The first kappa shape index (κ1) is 13.9. The SMILES string of the molecule is C=CCCCC1c2ccccc2C(=O)N1C(C)(C)C. The molecule has 0 fully saturated rings. The third kappa shape index (κ3) is 2.58. The van der Waals surface area contributed by atoms with Crippen molar-refractivity contribution in [3.63, 3.8) is 0 Å². The maximum absolute atomic E-state index is 12.6. The summed E-state index contributed by atoms with van der Waals surface area (Å²) in [6, 6.07) is 8.23. The van der Waals surface area contributed by atoms with Gasteiger partial charge in [-0.15, -0.1) is 6.58 Å². The maximum Gasteiger partial charge on any atom is 0.255 e. The van der Waals surface area contributed by atoms with Crippen LogP contribution in [0.4, 0.5) is 0 Å². The van der Waals surface area contributed by atoms with E-state index in [1.807, 2.05) is 29.2 Å². The molecule has 0 saturated carbocycles. The molecule has 1 atom stereocenters. The predicted molar refractivity (Wildman–Crippen MR) is 79.2 cm³/mol. The number of allylic oxidation sites excluding steroid dienone is 1. The van der Waals surface area contributed by atoms with Crippen molar-refractivity contribution in [1.82, 2.24) is 4.90 Å². The summed E-state index contributed by atoms with van der Waals surface area (Å²) < 4.78 is 0. The lowest BCUT2D eigenvalue weighted by Crippen LogP contribution is -2.43. The lowest BCUT2D eigenvalue weighted by atomic mass is 9.97. The monoisotopic (exact) mass is 257 g/mol. The summed E-state index contributed by atoms with van der Waals surface area (Å²) in [6.07, 6.45) is 5.03. The Kier molecular flexibility index (Phi) is 3.79. The zero-order valence-corrected chi connectivity index (χ0v) is 12.1. The second-order valence-electron chi connectivity index (χ2n) is 6.17. The highest BCUT2D eigenvalue weighted by molar-refractivity contribution is 5.99. The number of unbranched alkanes of at least 4 members (excludes halogenated alkanes) is 1. The van der Waals surface area contributed by atoms with Gasteiger partial charge in [0.05, 0.1) is 6.04 Å². The molecule has 19 heavy (non-hydrogen) atoms. The van der Waals surface area contributed by atoms with Crippen molar-refractivity contribution < 1.29 is 4.79 Å². The van der Waals surface area contributed by atoms with E-state index in [2.05, 4.69) is 33.4 Å². The number of rotatable bonds is 4. The predicted octanol–water partition coefficient (Wildman–Crippen LogP) is 4.34. The molecule has 0 spiro atoms. The minimum Gasteiger partial charge on any atom is -0.327 e. The van der Waals surface area contributed by atoms with Crippen LogP contribution in [-0.4, -0.2) is 16.3 Å². The minimum absolute atomic E-state index is 0.144. The molecule has 102 valence electrons. The van der Waals surface area contributed by atoms with Crippen LogP contribution in [0.15, 0.2) is 36.9 Å². The largest absolute Gasteiger partial charge is 0.327 e. The number of hydrogen-bond donors (Lipinski definition) is 0. The standard InChI is InChI=1S/C17H23NO/c1-5-6-7-12-15-13-10-8-9-11-14(13)16(19)18(15)17(2,3)4/h5,8-11,15H,1,6-7,12H2,2-4H3. The highest BCUT2D eigenvalue weighted by Gasteiger charge is 2.41. The van der Waals surface area contributed by atoms with Gasteiger partial charge in [0, 0.05) is 11.1 Å². The fourth-order valence-electron chi connectivity index (χ4n) is 2.91. The van der Waals surface area contributed by atoms with Gasteiger partial charge in [0.15, 0.2) is 0 Å². The summed E-state index contributed by atoms with van der Waals surface area (Å²) in [6.45, 7) is 10.1. The fraction of sp³-hybridized carbons (Fsp3) is 0.471. The third-order valence-corrected chi connectivity index (χ3v) is 3.69. The number of nitrogens with zero attached hydrogens (tertiary/aromatic N) is 1. The summed E-state index contributed by atoms with van der Waals surface area (Å²) >= 11 is 0. The van der Waals surface area contributed by atoms with Crippen molar-refractivity contribution in [2.75, 3.05) is 0 Å². The minimum atomic E-state index is -0.144. The van der Waals surface area contributed by atoms with Crippen molar-refractivity contribution in [2.45, 2.75) is 51.6 Å². The van der Waals surface area contributed by atoms with E-state index in [4.69, 9.17) is 0 Å². The molecule has 2 heteroatoms. The molecule has 1 aliphatic rings. The van der Waals surface area contributed by atoms with Crippen LogP contribution in [0, 0.1) is 0 Å². The Morgan fingerprint density at radius 3 is 2.63 bits per heavy atom. The van der Waals surface area contributed by atoms with Gasteiger partial charge in [-0.25, -0.2) is 0 Å². The number of amides is 1. The molecule has 0 N–H and O–H groups in total. The molecule has 0 saturated heterocycles. The zero-order valence-electron chi connectivity index (χ0n) is 12.1. The van der Waals surface area contributed by atoms with Gasteiger partial charge in [-0.1, -0.05) is 24.3 Å². The van der Waals surface area contributed by atoms with Crippen LogP contribution in [0.1, 0.15) is 62.0 Å². The molecule has 1 amide bonds. The van der Waals surface area contributed by atoms with Gasteiger partial charge in [-0.2, -0.15) is 0 Å². The van der Waals surface area contributed by atoms with E-state index >= 15 is 0 Å². The molecule has 1 unspecified atom stereocenters. The van der Waals surface area contributed by atoms with E-state index < -0.39 is 0 Å². The normalized spacial score (nSPS) is 18.6. The Morgan fingerprint density at radius 2 is 2.00 bits per heavy atom. The molecule has 1 aliphatic heterocycles.